The van der Waals surface area contributed by atoms with Gasteiger partial charge in [-0.05, 0) is 57.9 Å². The van der Waals surface area contributed by atoms with Gasteiger partial charge in [0.1, 0.15) is 11.4 Å². The van der Waals surface area contributed by atoms with Gasteiger partial charge >= 0.3 is 12.1 Å². The summed E-state index contributed by atoms with van der Waals surface area (Å²) in [6.45, 7) is 8.53. The second-order valence-corrected chi connectivity index (χ2v) is 6.29. The molecule has 0 aromatic heterocycles. The number of nitrogens with one attached hydrogen (secondary N) is 1. The molecule has 25 heavy (non-hydrogen) atoms. The molecule has 0 saturated carbocycles. The molecule has 6 heteroatoms. The van der Waals surface area contributed by atoms with E-state index in [0.29, 0.717) is 19.6 Å². The van der Waals surface area contributed by atoms with Crippen LogP contribution in [0.1, 0.15) is 39.7 Å². The van der Waals surface area contributed by atoms with Crippen LogP contribution in [0.5, 0.6) is 5.75 Å². The molecule has 0 radical (unpaired) electrons. The van der Waals surface area contributed by atoms with Crippen molar-refractivity contribution in [2.45, 2.75) is 39.7 Å². The van der Waals surface area contributed by atoms with Crippen molar-refractivity contribution in [3.63, 3.8) is 0 Å². The Hall–Kier alpha value is -2.50. The molecule has 1 N–H and O–H groups in total. The number of esters is 1. The van der Waals surface area contributed by atoms with Crippen LogP contribution in [0, 0.1) is 0 Å². The monoisotopic (exact) mass is 349 g/mol. The highest BCUT2D eigenvalue weighted by Crippen LogP contribution is 2.13. The Bertz CT molecular complexity index is 572. The summed E-state index contributed by atoms with van der Waals surface area (Å²) in [5.74, 6) is 0.367. The molecule has 0 bridgehead atoms. The third kappa shape index (κ3) is 10.1. The first-order valence-electron chi connectivity index (χ1n) is 8.34. The predicted octanol–water partition coefficient (Wildman–Crippen LogP) is 3.56. The fraction of sp³-hybridized carbons (Fsp3) is 0.474. The van der Waals surface area contributed by atoms with Gasteiger partial charge in [0, 0.05) is 12.6 Å². The molecule has 0 aliphatic heterocycles. The molecule has 0 unspecified atom stereocenters. The number of rotatable bonds is 8. The first-order chi connectivity index (χ1) is 11.8. The molecule has 0 atom stereocenters. The molecule has 1 aromatic rings. The second-order valence-electron chi connectivity index (χ2n) is 6.29. The number of benzene rings is 1. The Morgan fingerprint density at radius 2 is 1.84 bits per heavy atom. The van der Waals surface area contributed by atoms with Gasteiger partial charge in [-0.15, -0.1) is 0 Å². The Morgan fingerprint density at radius 1 is 1.16 bits per heavy atom. The highest BCUT2D eigenvalue weighted by Gasteiger charge is 2.15. The summed E-state index contributed by atoms with van der Waals surface area (Å²) in [4.78, 5) is 23.0. The largest absolute Gasteiger partial charge is 0.494 e. The van der Waals surface area contributed by atoms with Crippen molar-refractivity contribution in [3.8, 4) is 5.75 Å². The zero-order valence-corrected chi connectivity index (χ0v) is 15.3. The molecular weight excluding hydrogens is 322 g/mol. The van der Waals surface area contributed by atoms with Crippen molar-refractivity contribution >= 4 is 18.1 Å². The van der Waals surface area contributed by atoms with Crippen molar-refractivity contribution in [3.05, 3.63) is 35.9 Å². The van der Waals surface area contributed by atoms with E-state index in [4.69, 9.17) is 14.2 Å². The molecule has 0 aliphatic carbocycles. The predicted molar refractivity (Wildman–Crippen MR) is 96.5 cm³/mol. The summed E-state index contributed by atoms with van der Waals surface area (Å²) in [6, 6.07) is 7.41. The number of carbonyl (C=O) groups is 2. The Morgan fingerprint density at radius 3 is 2.44 bits per heavy atom. The van der Waals surface area contributed by atoms with E-state index in [0.717, 1.165) is 11.3 Å². The van der Waals surface area contributed by atoms with Gasteiger partial charge in [0.2, 0.25) is 0 Å². The maximum absolute atomic E-state index is 11.6. The maximum Gasteiger partial charge on any atom is 0.407 e. The van der Waals surface area contributed by atoms with Crippen molar-refractivity contribution in [2.75, 3.05) is 19.8 Å². The normalized spacial score (nSPS) is 11.2. The Balaban J connectivity index is 2.21. The summed E-state index contributed by atoms with van der Waals surface area (Å²) in [6.07, 6.45) is 3.09. The number of hydrogen-bond acceptors (Lipinski definition) is 5. The highest BCUT2D eigenvalue weighted by molar-refractivity contribution is 5.87. The summed E-state index contributed by atoms with van der Waals surface area (Å²) < 4.78 is 15.5. The summed E-state index contributed by atoms with van der Waals surface area (Å²) in [5.41, 5.74) is 0.356. The summed E-state index contributed by atoms with van der Waals surface area (Å²) in [7, 11) is 0. The van der Waals surface area contributed by atoms with Gasteiger partial charge in [-0.1, -0.05) is 12.1 Å². The Kier molecular flexibility index (Phi) is 8.53. The summed E-state index contributed by atoms with van der Waals surface area (Å²) in [5, 5.41) is 2.60. The minimum Gasteiger partial charge on any atom is -0.494 e. The quantitative estimate of drug-likeness (QED) is 0.441. The smallest absolute Gasteiger partial charge is 0.407 e. The molecular formula is C19H27NO5. The van der Waals surface area contributed by atoms with Gasteiger partial charge in [-0.2, -0.15) is 0 Å². The molecule has 6 nitrogen and oxygen atoms in total. The number of hydrogen-bond donors (Lipinski definition) is 1. The molecule has 0 aliphatic rings. The van der Waals surface area contributed by atoms with Crippen LogP contribution in [0.4, 0.5) is 4.79 Å². The fourth-order valence-electron chi connectivity index (χ4n) is 1.80. The zero-order valence-electron chi connectivity index (χ0n) is 15.3. The highest BCUT2D eigenvalue weighted by atomic mass is 16.6. The van der Waals surface area contributed by atoms with Crippen LogP contribution < -0.4 is 10.1 Å². The molecule has 0 fully saturated rings. The van der Waals surface area contributed by atoms with E-state index in [9.17, 15) is 9.59 Å². The molecule has 1 aromatic carbocycles. The molecule has 0 spiro atoms. The maximum atomic E-state index is 11.6. The van der Waals surface area contributed by atoms with E-state index in [-0.39, 0.29) is 6.61 Å². The van der Waals surface area contributed by atoms with Gasteiger partial charge in [-0.25, -0.2) is 9.59 Å². The molecule has 1 amide bonds. The summed E-state index contributed by atoms with van der Waals surface area (Å²) >= 11 is 0. The van der Waals surface area contributed by atoms with Crippen molar-refractivity contribution in [1.29, 1.82) is 0 Å². The van der Waals surface area contributed by atoms with E-state index >= 15 is 0 Å². The third-order valence-electron chi connectivity index (χ3n) is 2.84. The van der Waals surface area contributed by atoms with Crippen LogP contribution in [0.3, 0.4) is 0 Å². The van der Waals surface area contributed by atoms with Gasteiger partial charge in [0.05, 0.1) is 13.2 Å². The van der Waals surface area contributed by atoms with Gasteiger partial charge in [0.25, 0.3) is 0 Å². The van der Waals surface area contributed by atoms with Crippen LogP contribution in [0.25, 0.3) is 6.08 Å². The van der Waals surface area contributed by atoms with Gasteiger partial charge in [0.15, 0.2) is 0 Å². The van der Waals surface area contributed by atoms with Gasteiger partial charge < -0.3 is 19.5 Å². The van der Waals surface area contributed by atoms with Crippen LogP contribution >= 0.6 is 0 Å². The SMILES string of the molecule is CCOc1ccc(/C=C/C(=O)OCCCNC(=O)OC(C)(C)C)cc1. The zero-order chi connectivity index (χ0) is 18.7. The van der Waals surface area contributed by atoms with E-state index < -0.39 is 17.7 Å². The van der Waals surface area contributed by atoms with Crippen LogP contribution in [-0.2, 0) is 14.3 Å². The Labute approximate surface area is 149 Å². The molecule has 1 rings (SSSR count). The first-order valence-corrected chi connectivity index (χ1v) is 8.34. The average Bonchev–Trinajstić information content (AvgIpc) is 2.52. The minimum absolute atomic E-state index is 0.224. The third-order valence-corrected chi connectivity index (χ3v) is 2.84. The second kappa shape index (κ2) is 10.4. The number of amides is 1. The number of carbonyl (C=O) groups excluding carboxylic acids is 2. The number of alkyl carbamates (subject to hydrolysis) is 1. The standard InChI is InChI=1S/C19H27NO5/c1-5-23-16-10-7-15(8-11-16)9-12-17(21)24-14-6-13-20-18(22)25-19(2,3)4/h7-12H,5-6,13-14H2,1-4H3,(H,20,22)/b12-9+. The van der Waals surface area contributed by atoms with E-state index in [1.54, 1.807) is 26.8 Å². The van der Waals surface area contributed by atoms with Crippen molar-refractivity contribution < 1.29 is 23.8 Å². The van der Waals surface area contributed by atoms with Crippen LogP contribution in [0.2, 0.25) is 0 Å². The minimum atomic E-state index is -0.526. The molecule has 0 saturated heterocycles. The van der Waals surface area contributed by atoms with E-state index in [1.807, 2.05) is 31.2 Å². The molecule has 138 valence electrons. The first kappa shape index (κ1) is 20.5. The lowest BCUT2D eigenvalue weighted by Gasteiger charge is -2.19. The van der Waals surface area contributed by atoms with Crippen molar-refractivity contribution in [1.82, 2.24) is 5.32 Å². The lowest BCUT2D eigenvalue weighted by molar-refractivity contribution is -0.137. The lowest BCUT2D eigenvalue weighted by atomic mass is 10.2. The number of ether oxygens (including phenoxy) is 3. The fourth-order valence-corrected chi connectivity index (χ4v) is 1.80. The van der Waals surface area contributed by atoms with Crippen LogP contribution in [0.15, 0.2) is 30.3 Å². The lowest BCUT2D eigenvalue weighted by Crippen LogP contribution is -2.33. The molecule has 0 heterocycles. The van der Waals surface area contributed by atoms with Crippen molar-refractivity contribution in [2.24, 2.45) is 0 Å². The van der Waals surface area contributed by atoms with E-state index in [1.165, 1.54) is 6.08 Å². The van der Waals surface area contributed by atoms with E-state index in [2.05, 4.69) is 5.32 Å². The van der Waals surface area contributed by atoms with Crippen LogP contribution in [-0.4, -0.2) is 37.4 Å². The topological polar surface area (TPSA) is 73.9 Å². The van der Waals surface area contributed by atoms with Gasteiger partial charge in [-0.3, -0.25) is 0 Å². The average molecular weight is 349 g/mol.